The van der Waals surface area contributed by atoms with E-state index in [0.29, 0.717) is 30.6 Å². The Balaban J connectivity index is 2.01. The van der Waals surface area contributed by atoms with E-state index in [-0.39, 0.29) is 18.2 Å². The standard InChI is InChI=1S/C14H16N2O4/c15-13(19)10-1-3-11(4-2-10)14(20)16-6-5-9(8-16)7-12(17)18/h1-4,9H,5-8H2,(H2,15,19)(H,17,18). The molecule has 1 atom stereocenters. The quantitative estimate of drug-likeness (QED) is 0.846. The molecule has 0 spiro atoms. The fourth-order valence-corrected chi connectivity index (χ4v) is 2.39. The topological polar surface area (TPSA) is 101 Å². The first-order chi connectivity index (χ1) is 9.47. The highest BCUT2D eigenvalue weighted by atomic mass is 16.4. The number of nitrogens with zero attached hydrogens (tertiary/aromatic N) is 1. The monoisotopic (exact) mass is 276 g/mol. The van der Waals surface area contributed by atoms with Crippen molar-refractivity contribution in [1.29, 1.82) is 0 Å². The van der Waals surface area contributed by atoms with Gasteiger partial charge in [0.2, 0.25) is 5.91 Å². The van der Waals surface area contributed by atoms with Crippen molar-refractivity contribution in [1.82, 2.24) is 4.90 Å². The van der Waals surface area contributed by atoms with E-state index in [4.69, 9.17) is 10.8 Å². The van der Waals surface area contributed by atoms with Gasteiger partial charge in [0.1, 0.15) is 0 Å². The Morgan fingerprint density at radius 3 is 2.35 bits per heavy atom. The van der Waals surface area contributed by atoms with E-state index in [9.17, 15) is 14.4 Å². The van der Waals surface area contributed by atoms with Gasteiger partial charge in [-0.2, -0.15) is 0 Å². The Morgan fingerprint density at radius 2 is 1.80 bits per heavy atom. The van der Waals surface area contributed by atoms with Gasteiger partial charge in [-0.1, -0.05) is 0 Å². The number of hydrogen-bond acceptors (Lipinski definition) is 3. The van der Waals surface area contributed by atoms with E-state index < -0.39 is 11.9 Å². The second-order valence-corrected chi connectivity index (χ2v) is 4.95. The second-order valence-electron chi connectivity index (χ2n) is 4.95. The van der Waals surface area contributed by atoms with Crippen molar-refractivity contribution < 1.29 is 19.5 Å². The normalized spacial score (nSPS) is 18.0. The Kier molecular flexibility index (Phi) is 4.02. The zero-order chi connectivity index (χ0) is 14.7. The van der Waals surface area contributed by atoms with Crippen LogP contribution >= 0.6 is 0 Å². The van der Waals surface area contributed by atoms with Gasteiger partial charge in [-0.15, -0.1) is 0 Å². The first kappa shape index (κ1) is 14.0. The Morgan fingerprint density at radius 1 is 1.20 bits per heavy atom. The van der Waals surface area contributed by atoms with E-state index in [0.717, 1.165) is 0 Å². The molecular formula is C14H16N2O4. The molecule has 0 saturated carbocycles. The van der Waals surface area contributed by atoms with Gasteiger partial charge in [-0.25, -0.2) is 0 Å². The molecule has 1 aliphatic heterocycles. The number of carboxylic acid groups (broad SMARTS) is 1. The largest absolute Gasteiger partial charge is 0.481 e. The van der Waals surface area contributed by atoms with E-state index in [1.165, 1.54) is 12.1 Å². The molecular weight excluding hydrogens is 260 g/mol. The van der Waals surface area contributed by atoms with Crippen molar-refractivity contribution in [3.8, 4) is 0 Å². The third-order valence-corrected chi connectivity index (χ3v) is 3.45. The summed E-state index contributed by atoms with van der Waals surface area (Å²) in [6, 6.07) is 6.15. The van der Waals surface area contributed by atoms with E-state index >= 15 is 0 Å². The van der Waals surface area contributed by atoms with Crippen LogP contribution in [-0.4, -0.2) is 40.9 Å². The Hall–Kier alpha value is -2.37. The first-order valence-corrected chi connectivity index (χ1v) is 6.38. The Bertz CT molecular complexity index is 539. The summed E-state index contributed by atoms with van der Waals surface area (Å²) in [5, 5.41) is 8.75. The van der Waals surface area contributed by atoms with Gasteiger partial charge >= 0.3 is 5.97 Å². The number of carboxylic acids is 1. The molecule has 106 valence electrons. The highest BCUT2D eigenvalue weighted by molar-refractivity contribution is 5.97. The summed E-state index contributed by atoms with van der Waals surface area (Å²) >= 11 is 0. The van der Waals surface area contributed by atoms with Gasteiger partial charge < -0.3 is 15.7 Å². The summed E-state index contributed by atoms with van der Waals surface area (Å²) in [5.74, 6) is -1.50. The minimum absolute atomic E-state index is 0.0151. The second kappa shape index (κ2) is 5.73. The zero-order valence-electron chi connectivity index (χ0n) is 10.9. The summed E-state index contributed by atoms with van der Waals surface area (Å²) in [6.45, 7) is 1.02. The lowest BCUT2D eigenvalue weighted by Crippen LogP contribution is -2.29. The van der Waals surface area contributed by atoms with Crippen molar-refractivity contribution in [2.24, 2.45) is 11.7 Å². The molecule has 0 bridgehead atoms. The maximum atomic E-state index is 12.2. The third-order valence-electron chi connectivity index (χ3n) is 3.45. The Labute approximate surface area is 116 Å². The van der Waals surface area contributed by atoms with Gasteiger partial charge in [-0.3, -0.25) is 14.4 Å². The molecule has 0 radical (unpaired) electrons. The number of carbonyl (C=O) groups is 3. The number of primary amides is 1. The maximum Gasteiger partial charge on any atom is 0.303 e. The number of aliphatic carboxylic acids is 1. The van der Waals surface area contributed by atoms with Crippen molar-refractivity contribution in [3.63, 3.8) is 0 Å². The van der Waals surface area contributed by atoms with Crippen molar-refractivity contribution in [2.75, 3.05) is 13.1 Å². The number of carbonyl (C=O) groups excluding carboxylic acids is 2. The molecule has 0 aromatic heterocycles. The predicted molar refractivity (Wildman–Crippen MR) is 71.2 cm³/mol. The van der Waals surface area contributed by atoms with E-state index in [2.05, 4.69) is 0 Å². The summed E-state index contributed by atoms with van der Waals surface area (Å²) in [6.07, 6.45) is 0.793. The molecule has 0 aliphatic carbocycles. The number of rotatable bonds is 4. The van der Waals surface area contributed by atoms with Crippen LogP contribution in [0.25, 0.3) is 0 Å². The molecule has 20 heavy (non-hydrogen) atoms. The molecule has 1 aromatic carbocycles. The van der Waals surface area contributed by atoms with Crippen LogP contribution in [-0.2, 0) is 4.79 Å². The first-order valence-electron chi connectivity index (χ1n) is 6.38. The molecule has 1 heterocycles. The zero-order valence-corrected chi connectivity index (χ0v) is 10.9. The highest BCUT2D eigenvalue weighted by Crippen LogP contribution is 2.21. The summed E-state index contributed by atoms with van der Waals surface area (Å²) < 4.78 is 0. The summed E-state index contributed by atoms with van der Waals surface area (Å²) in [7, 11) is 0. The van der Waals surface area contributed by atoms with Crippen molar-refractivity contribution in [3.05, 3.63) is 35.4 Å². The minimum atomic E-state index is -0.838. The molecule has 2 rings (SSSR count). The molecule has 1 saturated heterocycles. The van der Waals surface area contributed by atoms with Crippen molar-refractivity contribution >= 4 is 17.8 Å². The van der Waals surface area contributed by atoms with Crippen LogP contribution in [0.5, 0.6) is 0 Å². The fourth-order valence-electron chi connectivity index (χ4n) is 2.39. The molecule has 1 aliphatic rings. The molecule has 6 heteroatoms. The van der Waals surface area contributed by atoms with Crippen molar-refractivity contribution in [2.45, 2.75) is 12.8 Å². The van der Waals surface area contributed by atoms with Gasteiger partial charge in [-0.05, 0) is 36.6 Å². The van der Waals surface area contributed by atoms with Crippen LogP contribution in [0, 0.1) is 5.92 Å². The van der Waals surface area contributed by atoms with Gasteiger partial charge in [0.15, 0.2) is 0 Å². The lowest BCUT2D eigenvalue weighted by atomic mass is 10.1. The molecule has 6 nitrogen and oxygen atoms in total. The minimum Gasteiger partial charge on any atom is -0.481 e. The van der Waals surface area contributed by atoms with Crippen LogP contribution in [0.3, 0.4) is 0 Å². The number of amides is 2. The number of benzene rings is 1. The maximum absolute atomic E-state index is 12.2. The van der Waals surface area contributed by atoms with Crippen LogP contribution < -0.4 is 5.73 Å². The average Bonchev–Trinajstić information content (AvgIpc) is 2.85. The summed E-state index contributed by atoms with van der Waals surface area (Å²) in [4.78, 5) is 35.5. The van der Waals surface area contributed by atoms with Gasteiger partial charge in [0.05, 0.1) is 0 Å². The van der Waals surface area contributed by atoms with Crippen LogP contribution in [0.2, 0.25) is 0 Å². The predicted octanol–water partition coefficient (Wildman–Crippen LogP) is 0.722. The number of nitrogens with two attached hydrogens (primary N) is 1. The van der Waals surface area contributed by atoms with Crippen LogP contribution in [0.1, 0.15) is 33.6 Å². The SMILES string of the molecule is NC(=O)c1ccc(C(=O)N2CCC(CC(=O)O)C2)cc1. The van der Waals surface area contributed by atoms with Crippen LogP contribution in [0.4, 0.5) is 0 Å². The molecule has 1 aromatic rings. The lowest BCUT2D eigenvalue weighted by molar-refractivity contribution is -0.138. The highest BCUT2D eigenvalue weighted by Gasteiger charge is 2.28. The van der Waals surface area contributed by atoms with Gasteiger partial charge in [0, 0.05) is 30.6 Å². The van der Waals surface area contributed by atoms with Crippen LogP contribution in [0.15, 0.2) is 24.3 Å². The molecule has 3 N–H and O–H groups in total. The molecule has 1 unspecified atom stereocenters. The van der Waals surface area contributed by atoms with Gasteiger partial charge in [0.25, 0.3) is 5.91 Å². The molecule has 2 amide bonds. The number of likely N-dealkylation sites (tertiary alicyclic amines) is 1. The average molecular weight is 276 g/mol. The fraction of sp³-hybridized carbons (Fsp3) is 0.357. The summed E-state index contributed by atoms with van der Waals surface area (Å²) in [5.41, 5.74) is 5.97. The smallest absolute Gasteiger partial charge is 0.303 e. The van der Waals surface area contributed by atoms with E-state index in [1.54, 1.807) is 17.0 Å². The number of hydrogen-bond donors (Lipinski definition) is 2. The molecule has 1 fully saturated rings. The third kappa shape index (κ3) is 3.14. The van der Waals surface area contributed by atoms with E-state index in [1.807, 2.05) is 0 Å². The lowest BCUT2D eigenvalue weighted by Gasteiger charge is -2.16.